The van der Waals surface area contributed by atoms with E-state index in [9.17, 15) is 9.59 Å². The molecule has 2 aliphatic carbocycles. The Hall–Kier alpha value is -2.08. The first-order valence-electron chi connectivity index (χ1n) is 9.03. The van der Waals surface area contributed by atoms with E-state index >= 15 is 0 Å². The molecular weight excluding hydrogens is 318 g/mol. The van der Waals surface area contributed by atoms with Crippen LogP contribution in [0.15, 0.2) is 24.3 Å². The monoisotopic (exact) mass is 345 g/mol. The van der Waals surface area contributed by atoms with Crippen LogP contribution < -0.4 is 11.1 Å². The predicted octanol–water partition coefficient (Wildman–Crippen LogP) is 2.99. The van der Waals surface area contributed by atoms with Crippen molar-refractivity contribution in [3.63, 3.8) is 0 Å². The second-order valence-electron chi connectivity index (χ2n) is 7.12. The van der Waals surface area contributed by atoms with Gasteiger partial charge in [0.25, 0.3) is 0 Å². The van der Waals surface area contributed by atoms with Gasteiger partial charge >= 0.3 is 6.03 Å². The highest BCUT2D eigenvalue weighted by molar-refractivity contribution is 5.95. The summed E-state index contributed by atoms with van der Waals surface area (Å²) in [6.45, 7) is 2.74. The second kappa shape index (κ2) is 7.04. The summed E-state index contributed by atoms with van der Waals surface area (Å²) in [7, 11) is 1.85. The van der Waals surface area contributed by atoms with Crippen molar-refractivity contribution in [1.82, 2.24) is 4.90 Å². The number of anilines is 1. The van der Waals surface area contributed by atoms with Gasteiger partial charge in [-0.25, -0.2) is 4.79 Å². The molecule has 2 aliphatic rings. The molecule has 136 valence electrons. The van der Waals surface area contributed by atoms with Crippen LogP contribution >= 0.6 is 0 Å². The molecule has 1 aromatic rings. The molecule has 3 N–H and O–H groups in total. The minimum absolute atomic E-state index is 0.108. The zero-order valence-electron chi connectivity index (χ0n) is 15.0. The van der Waals surface area contributed by atoms with Gasteiger partial charge in [0, 0.05) is 36.4 Å². The minimum atomic E-state index is -0.507. The van der Waals surface area contributed by atoms with Crippen LogP contribution in [0.2, 0.25) is 0 Å². The van der Waals surface area contributed by atoms with Crippen LogP contribution in [0.4, 0.5) is 10.5 Å². The van der Waals surface area contributed by atoms with Crippen LogP contribution in [0.5, 0.6) is 0 Å². The van der Waals surface area contributed by atoms with Gasteiger partial charge in [0.05, 0.1) is 6.10 Å². The largest absolute Gasteiger partial charge is 0.378 e. The van der Waals surface area contributed by atoms with Gasteiger partial charge in [-0.15, -0.1) is 0 Å². The quantitative estimate of drug-likeness (QED) is 0.860. The molecule has 0 heterocycles. The number of nitrogens with zero attached hydrogens (tertiary/aromatic N) is 1. The van der Waals surface area contributed by atoms with Crippen molar-refractivity contribution < 1.29 is 14.3 Å². The lowest BCUT2D eigenvalue weighted by molar-refractivity contribution is -0.150. The third-order valence-corrected chi connectivity index (χ3v) is 5.83. The minimum Gasteiger partial charge on any atom is -0.378 e. The highest BCUT2D eigenvalue weighted by atomic mass is 16.5. The van der Waals surface area contributed by atoms with Crippen molar-refractivity contribution in [2.24, 2.45) is 11.1 Å². The smallest absolute Gasteiger partial charge is 0.321 e. The Morgan fingerprint density at radius 3 is 2.72 bits per heavy atom. The summed E-state index contributed by atoms with van der Waals surface area (Å²) in [6.07, 6.45) is 5.80. The Morgan fingerprint density at radius 2 is 2.08 bits per heavy atom. The number of hydrogen-bond donors (Lipinski definition) is 2. The molecule has 0 radical (unpaired) electrons. The number of benzene rings is 1. The van der Waals surface area contributed by atoms with E-state index in [4.69, 9.17) is 10.5 Å². The van der Waals surface area contributed by atoms with E-state index in [-0.39, 0.29) is 23.6 Å². The average Bonchev–Trinajstić information content (AvgIpc) is 3.10. The molecule has 2 unspecified atom stereocenters. The fourth-order valence-corrected chi connectivity index (χ4v) is 4.50. The molecule has 3 rings (SSSR count). The Labute approximate surface area is 148 Å². The average molecular weight is 345 g/mol. The third-order valence-electron chi connectivity index (χ3n) is 5.83. The number of nitrogens with two attached hydrogens (primary N) is 1. The van der Waals surface area contributed by atoms with Crippen molar-refractivity contribution in [1.29, 1.82) is 0 Å². The predicted molar refractivity (Wildman–Crippen MR) is 96.5 cm³/mol. The Bertz CT molecular complexity index is 655. The first-order chi connectivity index (χ1) is 12.0. The van der Waals surface area contributed by atoms with Gasteiger partial charge in [-0.1, -0.05) is 18.9 Å². The lowest BCUT2D eigenvalue weighted by Gasteiger charge is -2.56. The van der Waals surface area contributed by atoms with Crippen molar-refractivity contribution in [2.45, 2.75) is 51.2 Å². The highest BCUT2D eigenvalue weighted by Crippen LogP contribution is 2.56. The van der Waals surface area contributed by atoms with Crippen LogP contribution in [0.25, 0.3) is 0 Å². The van der Waals surface area contributed by atoms with E-state index in [0.29, 0.717) is 11.3 Å². The summed E-state index contributed by atoms with van der Waals surface area (Å²) in [5, 5.41) is 2.88. The molecule has 0 aromatic heterocycles. The molecule has 1 aromatic carbocycles. The maximum Gasteiger partial charge on any atom is 0.321 e. The standard InChI is InChI=1S/C19H27N3O3/c1-3-25-16-12-15(19(16)9-4-5-10-19)22(2)18(24)21-14-8-6-7-13(11-14)17(20)23/h6-8,11,15-16H,3-5,9-10,12H2,1-2H3,(H2,20,23)(H,21,24). The van der Waals surface area contributed by atoms with Crippen LogP contribution in [0.1, 0.15) is 49.4 Å². The number of ether oxygens (including phenoxy) is 1. The molecule has 1 spiro atoms. The van der Waals surface area contributed by atoms with Gasteiger partial charge < -0.3 is 20.7 Å². The lowest BCUT2D eigenvalue weighted by atomic mass is 9.60. The molecule has 0 aliphatic heterocycles. The number of hydrogen-bond acceptors (Lipinski definition) is 3. The number of carbonyl (C=O) groups is 2. The number of amides is 3. The zero-order chi connectivity index (χ0) is 18.0. The number of rotatable bonds is 5. The Morgan fingerprint density at radius 1 is 1.36 bits per heavy atom. The van der Waals surface area contributed by atoms with Crippen LogP contribution in [0, 0.1) is 5.41 Å². The number of primary amides is 1. The summed E-state index contributed by atoms with van der Waals surface area (Å²) >= 11 is 0. The fraction of sp³-hybridized carbons (Fsp3) is 0.579. The Kier molecular flexibility index (Phi) is 4.99. The fourth-order valence-electron chi connectivity index (χ4n) is 4.50. The molecule has 0 bridgehead atoms. The van der Waals surface area contributed by atoms with E-state index in [1.807, 2.05) is 14.0 Å². The zero-order valence-corrected chi connectivity index (χ0v) is 15.0. The maximum absolute atomic E-state index is 12.7. The molecule has 6 nitrogen and oxygen atoms in total. The normalized spacial score (nSPS) is 23.9. The summed E-state index contributed by atoms with van der Waals surface area (Å²) in [4.78, 5) is 25.8. The molecule has 2 atom stereocenters. The van der Waals surface area contributed by atoms with Crippen LogP contribution in [0.3, 0.4) is 0 Å². The van der Waals surface area contributed by atoms with Crippen LogP contribution in [-0.2, 0) is 4.74 Å². The van der Waals surface area contributed by atoms with E-state index in [1.165, 1.54) is 12.8 Å². The molecular formula is C19H27N3O3. The molecule has 2 saturated carbocycles. The van der Waals surface area contributed by atoms with E-state index in [1.54, 1.807) is 29.2 Å². The van der Waals surface area contributed by atoms with Gasteiger partial charge in [-0.3, -0.25) is 4.79 Å². The number of urea groups is 1. The molecule has 25 heavy (non-hydrogen) atoms. The van der Waals surface area contributed by atoms with Gasteiger partial charge in [0.2, 0.25) is 5.91 Å². The van der Waals surface area contributed by atoms with Crippen LogP contribution in [-0.4, -0.2) is 42.6 Å². The first-order valence-corrected chi connectivity index (χ1v) is 9.03. The molecule has 6 heteroatoms. The third kappa shape index (κ3) is 3.23. The summed E-state index contributed by atoms with van der Waals surface area (Å²) in [6, 6.07) is 6.74. The lowest BCUT2D eigenvalue weighted by Crippen LogP contribution is -2.64. The van der Waals surface area contributed by atoms with Crippen molar-refractivity contribution in [3.05, 3.63) is 29.8 Å². The van der Waals surface area contributed by atoms with Gasteiger partial charge in [-0.05, 0) is 44.4 Å². The summed E-state index contributed by atoms with van der Waals surface area (Å²) < 4.78 is 5.93. The number of nitrogens with one attached hydrogen (secondary N) is 1. The topological polar surface area (TPSA) is 84.7 Å². The molecule has 3 amide bonds. The van der Waals surface area contributed by atoms with Gasteiger partial charge in [0.15, 0.2) is 0 Å². The summed E-state index contributed by atoms with van der Waals surface area (Å²) in [5.74, 6) is -0.507. The number of carbonyl (C=O) groups excluding carboxylic acids is 2. The maximum atomic E-state index is 12.7. The van der Waals surface area contributed by atoms with E-state index < -0.39 is 5.91 Å². The van der Waals surface area contributed by atoms with Gasteiger partial charge in [-0.2, -0.15) is 0 Å². The molecule has 0 saturated heterocycles. The Balaban J connectivity index is 1.68. The second-order valence-corrected chi connectivity index (χ2v) is 7.12. The first kappa shape index (κ1) is 17.7. The van der Waals surface area contributed by atoms with Crippen molar-refractivity contribution in [2.75, 3.05) is 19.0 Å². The van der Waals surface area contributed by atoms with Crippen molar-refractivity contribution >= 4 is 17.6 Å². The summed E-state index contributed by atoms with van der Waals surface area (Å²) in [5.41, 5.74) is 6.37. The van der Waals surface area contributed by atoms with Crippen molar-refractivity contribution in [3.8, 4) is 0 Å². The SMILES string of the molecule is CCOC1CC(N(C)C(=O)Nc2cccc(C(N)=O)c2)C12CCCC2. The van der Waals surface area contributed by atoms with Gasteiger partial charge in [0.1, 0.15) is 0 Å². The van der Waals surface area contributed by atoms with E-state index in [0.717, 1.165) is 25.9 Å². The highest BCUT2D eigenvalue weighted by Gasteiger charge is 2.58. The van der Waals surface area contributed by atoms with E-state index in [2.05, 4.69) is 5.32 Å². The molecule has 2 fully saturated rings.